The summed E-state index contributed by atoms with van der Waals surface area (Å²) in [6.45, 7) is 1.45. The number of nitrogens with one attached hydrogen (secondary N) is 1. The largest absolute Gasteiger partial charge is 0.370 e. The molecule has 1 aliphatic rings. The number of halogens is 1. The molecule has 28 heavy (non-hydrogen) atoms. The van der Waals surface area contributed by atoms with E-state index in [1.165, 1.54) is 18.5 Å². The third-order valence-corrected chi connectivity index (χ3v) is 5.51. The highest BCUT2D eigenvalue weighted by atomic mass is 32.2. The number of thioether (sulfide) groups is 1. The Morgan fingerprint density at radius 2 is 2.00 bits per heavy atom. The summed E-state index contributed by atoms with van der Waals surface area (Å²) in [5.41, 5.74) is 2.62. The Bertz CT molecular complexity index is 916. The number of hydrogen-bond acceptors (Lipinski definition) is 5. The summed E-state index contributed by atoms with van der Waals surface area (Å²) in [7, 11) is 0. The van der Waals surface area contributed by atoms with Gasteiger partial charge in [-0.3, -0.25) is 9.89 Å². The maximum Gasteiger partial charge on any atom is 0.254 e. The first-order valence-electron chi connectivity index (χ1n) is 8.92. The third kappa shape index (κ3) is 4.40. The summed E-state index contributed by atoms with van der Waals surface area (Å²) in [6.07, 6.45) is 1.24. The number of nitrogens with zero attached hydrogens (tertiary/aromatic N) is 3. The number of hydrogen-bond donors (Lipinski definition) is 1. The van der Waals surface area contributed by atoms with Crippen molar-refractivity contribution < 1.29 is 13.9 Å². The van der Waals surface area contributed by atoms with E-state index in [-0.39, 0.29) is 17.8 Å². The van der Waals surface area contributed by atoms with Gasteiger partial charge in [0.25, 0.3) is 5.91 Å². The zero-order valence-corrected chi connectivity index (χ0v) is 15.9. The highest BCUT2D eigenvalue weighted by Gasteiger charge is 2.26. The fraction of sp³-hybridized carbons (Fsp3) is 0.250. The molecule has 2 heterocycles. The van der Waals surface area contributed by atoms with Crippen LogP contribution in [0.4, 0.5) is 4.39 Å². The molecule has 4 rings (SSSR count). The zero-order chi connectivity index (χ0) is 19.3. The van der Waals surface area contributed by atoms with Gasteiger partial charge in [0.1, 0.15) is 18.2 Å². The molecule has 144 valence electrons. The van der Waals surface area contributed by atoms with Crippen LogP contribution in [0, 0.1) is 5.82 Å². The fourth-order valence-electron chi connectivity index (χ4n) is 3.05. The van der Waals surface area contributed by atoms with E-state index < -0.39 is 0 Å². The minimum absolute atomic E-state index is 0.0233. The lowest BCUT2D eigenvalue weighted by molar-refractivity contribution is -0.0228. The molecule has 1 amide bonds. The van der Waals surface area contributed by atoms with Crippen molar-refractivity contribution in [1.82, 2.24) is 20.1 Å². The number of ether oxygens (including phenoxy) is 1. The number of morpholine rings is 1. The average molecular weight is 398 g/mol. The summed E-state index contributed by atoms with van der Waals surface area (Å²) >= 11 is 1.55. The monoisotopic (exact) mass is 398 g/mol. The Balaban J connectivity index is 1.38. The van der Waals surface area contributed by atoms with Crippen molar-refractivity contribution in [3.05, 3.63) is 77.4 Å². The predicted octanol–water partition coefficient (Wildman–Crippen LogP) is 3.45. The number of carbonyl (C=O) groups is 1. The van der Waals surface area contributed by atoms with Gasteiger partial charge in [-0.15, -0.1) is 0 Å². The second-order valence-corrected chi connectivity index (χ2v) is 7.40. The number of H-pyrrole nitrogens is 1. The van der Waals surface area contributed by atoms with Crippen LogP contribution < -0.4 is 0 Å². The first kappa shape index (κ1) is 18.6. The number of aromatic nitrogens is 3. The molecular formula is C20H19FN4O2S. The van der Waals surface area contributed by atoms with E-state index in [4.69, 9.17) is 4.74 Å². The minimum Gasteiger partial charge on any atom is -0.370 e. The van der Waals surface area contributed by atoms with Crippen LogP contribution in [0.25, 0.3) is 0 Å². The van der Waals surface area contributed by atoms with Crippen molar-refractivity contribution in [2.24, 2.45) is 0 Å². The van der Waals surface area contributed by atoms with Crippen LogP contribution >= 0.6 is 11.8 Å². The van der Waals surface area contributed by atoms with Gasteiger partial charge in [-0.1, -0.05) is 36.0 Å². The Labute approximate surface area is 166 Å². The lowest BCUT2D eigenvalue weighted by atomic mass is 10.1. The van der Waals surface area contributed by atoms with Gasteiger partial charge in [0.2, 0.25) is 0 Å². The van der Waals surface area contributed by atoms with Crippen LogP contribution in [0.1, 0.15) is 27.6 Å². The molecule has 0 spiro atoms. The molecule has 1 N–H and O–H groups in total. The van der Waals surface area contributed by atoms with Crippen LogP contribution in [0.2, 0.25) is 0 Å². The number of benzene rings is 2. The molecule has 2 aromatic carbocycles. The van der Waals surface area contributed by atoms with Gasteiger partial charge in [0, 0.05) is 17.9 Å². The SMILES string of the molecule is O=C(c1ccc(CSc2ncn[nH]2)cc1)N1CCOC(c2ccc(F)cc2)C1. The molecule has 3 aromatic rings. The minimum atomic E-state index is -0.283. The summed E-state index contributed by atoms with van der Waals surface area (Å²) in [6, 6.07) is 13.8. The van der Waals surface area contributed by atoms with Gasteiger partial charge in [-0.2, -0.15) is 5.10 Å². The molecule has 6 nitrogen and oxygen atoms in total. The van der Waals surface area contributed by atoms with E-state index in [2.05, 4.69) is 15.2 Å². The van der Waals surface area contributed by atoms with Crippen LogP contribution in [0.15, 0.2) is 60.0 Å². The van der Waals surface area contributed by atoms with Crippen LogP contribution in [0.5, 0.6) is 0 Å². The Morgan fingerprint density at radius 3 is 2.71 bits per heavy atom. The van der Waals surface area contributed by atoms with E-state index in [1.54, 1.807) is 28.8 Å². The average Bonchev–Trinajstić information content (AvgIpc) is 3.26. The molecule has 0 bridgehead atoms. The molecule has 8 heteroatoms. The van der Waals surface area contributed by atoms with E-state index in [0.29, 0.717) is 25.3 Å². The van der Waals surface area contributed by atoms with Gasteiger partial charge >= 0.3 is 0 Å². The number of rotatable bonds is 5. The normalized spacial score (nSPS) is 16.9. The lowest BCUT2D eigenvalue weighted by Gasteiger charge is -2.33. The van der Waals surface area contributed by atoms with Crippen LogP contribution in [0.3, 0.4) is 0 Å². The Hall–Kier alpha value is -2.71. The number of carbonyl (C=O) groups excluding carboxylic acids is 1. The highest BCUT2D eigenvalue weighted by Crippen LogP contribution is 2.24. The molecule has 1 aliphatic heterocycles. The maximum atomic E-state index is 13.1. The first-order chi connectivity index (χ1) is 13.7. The fourth-order valence-corrected chi connectivity index (χ4v) is 3.79. The number of aromatic amines is 1. The molecule has 1 atom stereocenters. The van der Waals surface area contributed by atoms with Gasteiger partial charge in [-0.25, -0.2) is 9.37 Å². The van der Waals surface area contributed by atoms with Gasteiger partial charge < -0.3 is 9.64 Å². The van der Waals surface area contributed by atoms with Crippen molar-refractivity contribution in [3.8, 4) is 0 Å². The van der Waals surface area contributed by atoms with Gasteiger partial charge in [0.05, 0.1) is 13.2 Å². The van der Waals surface area contributed by atoms with Crippen molar-refractivity contribution in [1.29, 1.82) is 0 Å². The van der Waals surface area contributed by atoms with E-state index in [1.807, 2.05) is 24.3 Å². The smallest absolute Gasteiger partial charge is 0.254 e. The standard InChI is InChI=1S/C20H19FN4O2S/c21-17-7-5-15(6-8-17)18-11-25(9-10-27-18)19(26)16-3-1-14(2-4-16)12-28-20-22-13-23-24-20/h1-8,13,18H,9-12H2,(H,22,23,24). The van der Waals surface area contributed by atoms with Crippen molar-refractivity contribution in [2.45, 2.75) is 17.0 Å². The van der Waals surface area contributed by atoms with Gasteiger partial charge in [0.15, 0.2) is 5.16 Å². The highest BCUT2D eigenvalue weighted by molar-refractivity contribution is 7.98. The predicted molar refractivity (Wildman–Crippen MR) is 103 cm³/mol. The molecule has 1 fully saturated rings. The molecule has 0 saturated carbocycles. The Morgan fingerprint density at radius 1 is 1.21 bits per heavy atom. The summed E-state index contributed by atoms with van der Waals surface area (Å²) in [4.78, 5) is 18.7. The molecule has 0 aliphatic carbocycles. The van der Waals surface area contributed by atoms with E-state index in [9.17, 15) is 9.18 Å². The Kier molecular flexibility index (Phi) is 5.68. The third-order valence-electron chi connectivity index (χ3n) is 4.56. The molecule has 1 unspecified atom stereocenters. The first-order valence-corrected chi connectivity index (χ1v) is 9.91. The molecule has 1 aromatic heterocycles. The molecule has 1 saturated heterocycles. The second kappa shape index (κ2) is 8.53. The topological polar surface area (TPSA) is 71.1 Å². The summed E-state index contributed by atoms with van der Waals surface area (Å²) < 4.78 is 18.9. The van der Waals surface area contributed by atoms with Crippen molar-refractivity contribution >= 4 is 17.7 Å². The number of amides is 1. The molecular weight excluding hydrogens is 379 g/mol. The van der Waals surface area contributed by atoms with Crippen molar-refractivity contribution in [2.75, 3.05) is 19.7 Å². The summed E-state index contributed by atoms with van der Waals surface area (Å²) in [5.74, 6) is 0.437. The van der Waals surface area contributed by atoms with E-state index in [0.717, 1.165) is 22.0 Å². The summed E-state index contributed by atoms with van der Waals surface area (Å²) in [5, 5.41) is 7.39. The quantitative estimate of drug-likeness (QED) is 0.667. The lowest BCUT2D eigenvalue weighted by Crippen LogP contribution is -2.42. The maximum absolute atomic E-state index is 13.1. The second-order valence-electron chi connectivity index (χ2n) is 6.44. The molecule has 0 radical (unpaired) electrons. The van der Waals surface area contributed by atoms with Crippen molar-refractivity contribution in [3.63, 3.8) is 0 Å². The van der Waals surface area contributed by atoms with Crippen LogP contribution in [-0.2, 0) is 10.5 Å². The van der Waals surface area contributed by atoms with Crippen LogP contribution in [-0.4, -0.2) is 45.7 Å². The zero-order valence-electron chi connectivity index (χ0n) is 15.0. The van der Waals surface area contributed by atoms with Gasteiger partial charge in [-0.05, 0) is 35.4 Å². The van der Waals surface area contributed by atoms with E-state index >= 15 is 0 Å².